The molecule has 170 valence electrons. The highest BCUT2D eigenvalue weighted by Crippen LogP contribution is 2.34. The highest BCUT2D eigenvalue weighted by Gasteiger charge is 2.51. The Morgan fingerprint density at radius 1 is 1.16 bits per heavy atom. The van der Waals surface area contributed by atoms with Gasteiger partial charge in [-0.05, 0) is 38.8 Å². The fourth-order valence-corrected chi connectivity index (χ4v) is 5.24. The van der Waals surface area contributed by atoms with E-state index in [2.05, 4.69) is 4.99 Å². The molecular formula is C20H27N3O7S. The minimum atomic E-state index is -3.47. The molecule has 1 aromatic rings. The SMILES string of the molecule is CCOC(=O)CC1(C(=O)OCC)N=C(c2ccccc2N2CCCCS2(=O)=O)N(C)O1. The Morgan fingerprint density at radius 3 is 2.55 bits per heavy atom. The van der Waals surface area contributed by atoms with Crippen LogP contribution < -0.4 is 4.31 Å². The molecule has 2 heterocycles. The summed E-state index contributed by atoms with van der Waals surface area (Å²) in [4.78, 5) is 35.1. The fourth-order valence-electron chi connectivity index (χ4n) is 3.58. The Bertz CT molecular complexity index is 979. The number of hydroxylamine groups is 2. The van der Waals surface area contributed by atoms with E-state index in [9.17, 15) is 18.0 Å². The third-order valence-electron chi connectivity index (χ3n) is 4.92. The van der Waals surface area contributed by atoms with Crippen molar-refractivity contribution in [2.75, 3.05) is 36.9 Å². The summed E-state index contributed by atoms with van der Waals surface area (Å²) < 4.78 is 36.8. The lowest BCUT2D eigenvalue weighted by molar-refractivity contribution is -0.207. The third-order valence-corrected chi connectivity index (χ3v) is 6.77. The highest BCUT2D eigenvalue weighted by molar-refractivity contribution is 7.92. The summed E-state index contributed by atoms with van der Waals surface area (Å²) in [6.07, 6.45) is 0.871. The van der Waals surface area contributed by atoms with Crippen molar-refractivity contribution in [1.29, 1.82) is 0 Å². The largest absolute Gasteiger partial charge is 0.466 e. The molecule has 0 bridgehead atoms. The topological polar surface area (TPSA) is 115 Å². The van der Waals surface area contributed by atoms with Crippen LogP contribution in [0.3, 0.4) is 0 Å². The summed E-state index contributed by atoms with van der Waals surface area (Å²) in [6.45, 7) is 3.85. The van der Waals surface area contributed by atoms with Gasteiger partial charge in [0.25, 0.3) is 5.72 Å². The molecule has 11 heteroatoms. The van der Waals surface area contributed by atoms with E-state index < -0.39 is 34.1 Å². The molecule has 1 saturated heterocycles. The van der Waals surface area contributed by atoms with Crippen molar-refractivity contribution in [3.05, 3.63) is 29.8 Å². The summed E-state index contributed by atoms with van der Waals surface area (Å²) in [7, 11) is -1.94. The first-order chi connectivity index (χ1) is 14.7. The zero-order valence-corrected chi connectivity index (χ0v) is 18.7. The number of sulfonamides is 1. The zero-order valence-electron chi connectivity index (χ0n) is 17.9. The normalized spacial score (nSPS) is 22.7. The van der Waals surface area contributed by atoms with Gasteiger partial charge in [-0.3, -0.25) is 9.10 Å². The maximum Gasteiger partial charge on any atom is 0.364 e. The molecular weight excluding hydrogens is 426 g/mol. The number of anilines is 1. The van der Waals surface area contributed by atoms with Crippen LogP contribution in [0.5, 0.6) is 0 Å². The van der Waals surface area contributed by atoms with E-state index in [4.69, 9.17) is 14.3 Å². The zero-order chi connectivity index (χ0) is 22.6. The second-order valence-electron chi connectivity index (χ2n) is 7.12. The minimum absolute atomic E-state index is 0.0652. The number of carbonyl (C=O) groups is 2. The average Bonchev–Trinajstić information content (AvgIpc) is 3.05. The second kappa shape index (κ2) is 9.23. The second-order valence-corrected chi connectivity index (χ2v) is 9.14. The smallest absolute Gasteiger partial charge is 0.364 e. The number of aliphatic imine (C=N–C) groups is 1. The molecule has 2 aliphatic heterocycles. The Hall–Kier alpha value is -2.66. The van der Waals surface area contributed by atoms with Crippen LogP contribution in [0.2, 0.25) is 0 Å². The van der Waals surface area contributed by atoms with Crippen LogP contribution in [0.1, 0.15) is 38.7 Å². The molecule has 1 aromatic carbocycles. The van der Waals surface area contributed by atoms with Crippen LogP contribution in [0.4, 0.5) is 5.69 Å². The third kappa shape index (κ3) is 4.67. The van der Waals surface area contributed by atoms with Crippen molar-refractivity contribution in [3.8, 4) is 0 Å². The fraction of sp³-hybridized carbons (Fsp3) is 0.550. The van der Waals surface area contributed by atoms with Gasteiger partial charge in [0.2, 0.25) is 10.0 Å². The maximum absolute atomic E-state index is 12.7. The predicted octanol–water partition coefficient (Wildman–Crippen LogP) is 1.45. The lowest BCUT2D eigenvalue weighted by atomic mass is 10.1. The van der Waals surface area contributed by atoms with E-state index in [1.807, 2.05) is 0 Å². The number of rotatable bonds is 7. The monoisotopic (exact) mass is 453 g/mol. The van der Waals surface area contributed by atoms with Crippen LogP contribution in [0, 0.1) is 0 Å². The predicted molar refractivity (Wildman–Crippen MR) is 113 cm³/mol. The van der Waals surface area contributed by atoms with Gasteiger partial charge in [-0.2, -0.15) is 0 Å². The van der Waals surface area contributed by atoms with E-state index in [0.29, 0.717) is 24.2 Å². The number of nitrogens with zero attached hydrogens (tertiary/aromatic N) is 3. The first-order valence-electron chi connectivity index (χ1n) is 10.2. The van der Waals surface area contributed by atoms with E-state index in [0.717, 1.165) is 6.42 Å². The van der Waals surface area contributed by atoms with Crippen molar-refractivity contribution in [1.82, 2.24) is 5.06 Å². The molecule has 1 fully saturated rings. The Kier molecular flexibility index (Phi) is 6.85. The number of benzene rings is 1. The van der Waals surface area contributed by atoms with E-state index in [1.54, 1.807) is 38.1 Å². The van der Waals surface area contributed by atoms with Crippen molar-refractivity contribution >= 4 is 33.5 Å². The first kappa shape index (κ1) is 23.0. The van der Waals surface area contributed by atoms with Crippen LogP contribution >= 0.6 is 0 Å². The molecule has 0 amide bonds. The standard InChI is InChI=1S/C20H27N3O7S/c1-4-28-17(24)14-20(19(25)29-5-2)21-18(22(3)30-20)15-10-6-7-11-16(15)23-12-8-9-13-31(23,26)27/h6-7,10-11H,4-5,8-9,12-14H2,1-3H3. The number of carbonyl (C=O) groups excluding carboxylic acids is 2. The van der Waals surface area contributed by atoms with Crippen LogP contribution in [-0.4, -0.2) is 69.5 Å². The first-order valence-corrected chi connectivity index (χ1v) is 11.8. The van der Waals surface area contributed by atoms with Gasteiger partial charge in [-0.15, -0.1) is 0 Å². The quantitative estimate of drug-likeness (QED) is 0.570. The van der Waals surface area contributed by atoms with Gasteiger partial charge in [0, 0.05) is 19.2 Å². The number of amidine groups is 1. The van der Waals surface area contributed by atoms with Gasteiger partial charge in [0.05, 0.1) is 24.7 Å². The van der Waals surface area contributed by atoms with Gasteiger partial charge in [-0.25, -0.2) is 28.1 Å². The van der Waals surface area contributed by atoms with Crippen LogP contribution in [0.25, 0.3) is 0 Å². The molecule has 2 aliphatic rings. The average molecular weight is 454 g/mol. The molecule has 10 nitrogen and oxygen atoms in total. The molecule has 1 atom stereocenters. The molecule has 1 unspecified atom stereocenters. The Morgan fingerprint density at radius 2 is 1.87 bits per heavy atom. The molecule has 0 spiro atoms. The summed E-state index contributed by atoms with van der Waals surface area (Å²) in [6, 6.07) is 6.85. The number of para-hydroxylation sites is 1. The van der Waals surface area contributed by atoms with E-state index in [-0.39, 0.29) is 24.8 Å². The van der Waals surface area contributed by atoms with E-state index in [1.165, 1.54) is 16.4 Å². The minimum Gasteiger partial charge on any atom is -0.466 e. The summed E-state index contributed by atoms with van der Waals surface area (Å²) in [5.74, 6) is -1.21. The molecule has 0 N–H and O–H groups in total. The van der Waals surface area contributed by atoms with Gasteiger partial charge < -0.3 is 9.47 Å². The van der Waals surface area contributed by atoms with Gasteiger partial charge in [0.1, 0.15) is 6.42 Å². The molecule has 31 heavy (non-hydrogen) atoms. The van der Waals surface area contributed by atoms with Crippen molar-refractivity contribution in [2.45, 2.75) is 38.8 Å². The lowest BCUT2D eigenvalue weighted by Gasteiger charge is -2.30. The summed E-state index contributed by atoms with van der Waals surface area (Å²) in [5, 5.41) is 1.26. The Labute approximate surface area is 181 Å². The van der Waals surface area contributed by atoms with Crippen molar-refractivity contribution in [2.24, 2.45) is 4.99 Å². The number of esters is 2. The van der Waals surface area contributed by atoms with Gasteiger partial charge in [-0.1, -0.05) is 12.1 Å². The highest BCUT2D eigenvalue weighted by atomic mass is 32.2. The number of hydrogen-bond donors (Lipinski definition) is 0. The van der Waals surface area contributed by atoms with Crippen LogP contribution in [0.15, 0.2) is 29.3 Å². The van der Waals surface area contributed by atoms with Gasteiger partial charge >= 0.3 is 11.9 Å². The van der Waals surface area contributed by atoms with Crippen LogP contribution in [-0.2, 0) is 33.9 Å². The van der Waals surface area contributed by atoms with Crippen molar-refractivity contribution < 1.29 is 32.3 Å². The molecule has 0 radical (unpaired) electrons. The summed E-state index contributed by atoms with van der Waals surface area (Å²) in [5.41, 5.74) is -1.04. The molecule has 0 saturated carbocycles. The molecule has 0 aromatic heterocycles. The molecule has 0 aliphatic carbocycles. The molecule has 3 rings (SSSR count). The van der Waals surface area contributed by atoms with Crippen molar-refractivity contribution in [3.63, 3.8) is 0 Å². The lowest BCUT2D eigenvalue weighted by Crippen LogP contribution is -2.43. The maximum atomic E-state index is 12.7. The van der Waals surface area contributed by atoms with E-state index >= 15 is 0 Å². The summed E-state index contributed by atoms with van der Waals surface area (Å²) >= 11 is 0. The Balaban J connectivity index is 2.07. The number of hydrogen-bond acceptors (Lipinski definition) is 9. The van der Waals surface area contributed by atoms with Gasteiger partial charge in [0.15, 0.2) is 5.84 Å². The number of ether oxygens (including phenoxy) is 2.